The molecule has 10 heteroatoms. The number of hydrogen-bond acceptors (Lipinski definition) is 7. The summed E-state index contributed by atoms with van der Waals surface area (Å²) in [6, 6.07) is 175. The molecule has 10 nitrogen and oxygen atoms in total. The number of nitrogens with zero attached hydrogens (tertiary/aromatic N) is 10. The topological polar surface area (TPSA) is 93.8 Å². The minimum Gasteiger partial charge on any atom is -0.310 e. The van der Waals surface area contributed by atoms with Gasteiger partial charge in [-0.15, -0.1) is 0 Å². The molecule has 30 aromatic rings. The lowest BCUT2D eigenvalue weighted by Gasteiger charge is -2.30. The van der Waals surface area contributed by atoms with Gasteiger partial charge in [-0.25, -0.2) is 29.9 Å². The maximum atomic E-state index is 5.24. The minimum atomic E-state index is -0.374. The number of benzene rings is 21. The molecule has 3 aliphatic carbocycles. The van der Waals surface area contributed by atoms with Gasteiger partial charge in [0.2, 0.25) is 0 Å². The zero-order valence-corrected chi connectivity index (χ0v) is 78.2. The molecule has 0 saturated carbocycles. The molecular weight excluding hydrogens is 1760 g/mol. The SMILES string of the molecule is c1cc(-c2ccc3c4nc5ccccc5cc4c4nc5ccccc5n4c3c2)cc(-c2ccc3c4c(cccc24)-c2ccccc2-3)c1.c1ccc(N(c2ccc(-c3ccc4c5nc6ccccc6cc5c5nc6ccccc6n5c4c3)cc2)c2cccc3ccccc23)cc1.c1ccc2c(c1)-c1ccccc1C21c2ccccc2-c2ccc(-c3ccc4c5nc6ccccc6cc5c5nc6ccccc6n5c4c3)cc21. The fourth-order valence-electron chi connectivity index (χ4n) is 24.5. The van der Waals surface area contributed by atoms with Gasteiger partial charge in [0.15, 0.2) is 0 Å². The molecule has 0 bridgehead atoms. The van der Waals surface area contributed by atoms with Crippen molar-refractivity contribution in [3.05, 3.63) is 508 Å². The maximum absolute atomic E-state index is 5.24. The lowest BCUT2D eigenvalue weighted by atomic mass is 9.70. The Morgan fingerprint density at radius 1 is 0.172 bits per heavy atom. The Hall–Kier alpha value is -19.4. The monoisotopic (exact) mass is 1840 g/mol. The van der Waals surface area contributed by atoms with Crippen molar-refractivity contribution < 1.29 is 0 Å². The zero-order valence-electron chi connectivity index (χ0n) is 78.2. The summed E-state index contributed by atoms with van der Waals surface area (Å²) in [5, 5.41) is 15.0. The maximum Gasteiger partial charge on any atom is 0.147 e. The van der Waals surface area contributed by atoms with Gasteiger partial charge >= 0.3 is 0 Å². The van der Waals surface area contributed by atoms with Crippen LogP contribution < -0.4 is 4.90 Å². The van der Waals surface area contributed by atoms with Crippen LogP contribution in [0, 0.1) is 0 Å². The summed E-state index contributed by atoms with van der Waals surface area (Å²) >= 11 is 0. The van der Waals surface area contributed by atoms with E-state index in [1.807, 2.05) is 6.07 Å². The molecule has 1 spiro atoms. The van der Waals surface area contributed by atoms with Gasteiger partial charge in [0.1, 0.15) is 16.9 Å². The van der Waals surface area contributed by atoms with E-state index in [2.05, 4.69) is 497 Å². The number of anilines is 3. The lowest BCUT2D eigenvalue weighted by molar-refractivity contribution is 0.794. The second kappa shape index (κ2) is 31.3. The molecule has 0 aliphatic heterocycles. The van der Waals surface area contributed by atoms with Crippen LogP contribution in [-0.4, -0.2) is 43.1 Å². The Kier molecular flexibility index (Phi) is 17.4. The molecule has 145 heavy (non-hydrogen) atoms. The van der Waals surface area contributed by atoms with Crippen LogP contribution in [0.3, 0.4) is 0 Å². The Labute approximate surface area is 830 Å². The van der Waals surface area contributed by atoms with Gasteiger partial charge in [0, 0.05) is 65.2 Å². The van der Waals surface area contributed by atoms with Gasteiger partial charge in [0.25, 0.3) is 0 Å². The molecule has 9 aromatic heterocycles. The van der Waals surface area contributed by atoms with E-state index in [9.17, 15) is 0 Å². The number of rotatable bonds is 7. The highest BCUT2D eigenvalue weighted by molar-refractivity contribution is 6.22. The number of fused-ring (bicyclic) bond motifs is 41. The third-order valence-corrected chi connectivity index (χ3v) is 30.9. The van der Waals surface area contributed by atoms with Crippen LogP contribution in [0.25, 0.3) is 259 Å². The smallest absolute Gasteiger partial charge is 0.147 e. The van der Waals surface area contributed by atoms with Gasteiger partial charge in [-0.1, -0.05) is 352 Å². The fourth-order valence-corrected chi connectivity index (χ4v) is 24.5. The Bertz CT molecular complexity index is 10800. The molecule has 0 N–H and O–H groups in total. The first-order valence-electron chi connectivity index (χ1n) is 49.6. The molecule has 21 aromatic carbocycles. The minimum absolute atomic E-state index is 0.374. The molecule has 0 saturated heterocycles. The normalized spacial score (nSPS) is 12.6. The largest absolute Gasteiger partial charge is 0.310 e. The quantitative estimate of drug-likeness (QED) is 0.116. The van der Waals surface area contributed by atoms with Crippen molar-refractivity contribution >= 4 is 187 Å². The zero-order chi connectivity index (χ0) is 94.8. The van der Waals surface area contributed by atoms with Crippen molar-refractivity contribution in [3.63, 3.8) is 0 Å². The summed E-state index contributed by atoms with van der Waals surface area (Å²) in [6.45, 7) is 0. The van der Waals surface area contributed by atoms with E-state index in [1.165, 1.54) is 116 Å². The van der Waals surface area contributed by atoms with Gasteiger partial charge < -0.3 is 4.90 Å². The van der Waals surface area contributed by atoms with Crippen molar-refractivity contribution in [2.45, 2.75) is 5.41 Å². The Morgan fingerprint density at radius 3 is 1.02 bits per heavy atom. The van der Waals surface area contributed by atoms with Gasteiger partial charge in [-0.3, -0.25) is 13.2 Å². The molecule has 3 aliphatic rings. The van der Waals surface area contributed by atoms with Crippen LogP contribution in [0.5, 0.6) is 0 Å². The van der Waals surface area contributed by atoms with E-state index in [4.69, 9.17) is 29.9 Å². The summed E-state index contributed by atoms with van der Waals surface area (Å²) in [6.07, 6.45) is 0. The molecule has 33 rings (SSSR count). The third-order valence-electron chi connectivity index (χ3n) is 30.9. The average Bonchev–Trinajstić information content (AvgIpc) is 1.50. The predicted octanol–water partition coefficient (Wildman–Crippen LogP) is 34.5. The summed E-state index contributed by atoms with van der Waals surface area (Å²) in [5.74, 6) is 0. The van der Waals surface area contributed by atoms with E-state index >= 15 is 0 Å². The van der Waals surface area contributed by atoms with Crippen LogP contribution >= 0.6 is 0 Å². The van der Waals surface area contributed by atoms with Crippen LogP contribution in [-0.2, 0) is 5.41 Å². The van der Waals surface area contributed by atoms with E-state index in [0.717, 1.165) is 182 Å². The third kappa shape index (κ3) is 12.0. The lowest BCUT2D eigenvalue weighted by Crippen LogP contribution is -2.25. The highest BCUT2D eigenvalue weighted by atomic mass is 15.1. The average molecular weight is 1840 g/mol. The van der Waals surface area contributed by atoms with Gasteiger partial charge in [-0.2, -0.15) is 0 Å². The molecule has 9 heterocycles. The van der Waals surface area contributed by atoms with Gasteiger partial charge in [0.05, 0.1) is 93.9 Å². The molecule has 670 valence electrons. The van der Waals surface area contributed by atoms with Crippen molar-refractivity contribution in [3.8, 4) is 89.0 Å². The van der Waals surface area contributed by atoms with Crippen LogP contribution in [0.1, 0.15) is 22.3 Å². The van der Waals surface area contributed by atoms with Crippen molar-refractivity contribution in [1.82, 2.24) is 43.1 Å². The van der Waals surface area contributed by atoms with Crippen molar-refractivity contribution in [1.29, 1.82) is 0 Å². The second-order valence-electron chi connectivity index (χ2n) is 38.6. The van der Waals surface area contributed by atoms with Crippen molar-refractivity contribution in [2.75, 3.05) is 4.90 Å². The van der Waals surface area contributed by atoms with Crippen LogP contribution in [0.2, 0.25) is 0 Å². The number of aromatic nitrogens is 9. The summed E-state index contributed by atoms with van der Waals surface area (Å²) in [7, 11) is 0. The Balaban J connectivity index is 0.0000000991. The molecule has 0 fully saturated rings. The van der Waals surface area contributed by atoms with Crippen LogP contribution in [0.4, 0.5) is 17.1 Å². The first-order valence-corrected chi connectivity index (χ1v) is 49.6. The van der Waals surface area contributed by atoms with E-state index in [1.54, 1.807) is 0 Å². The van der Waals surface area contributed by atoms with Gasteiger partial charge in [-0.05, 0) is 261 Å². The first-order chi connectivity index (χ1) is 71.9. The summed E-state index contributed by atoms with van der Waals surface area (Å²) < 4.78 is 6.96. The van der Waals surface area contributed by atoms with E-state index in [-0.39, 0.29) is 5.41 Å². The van der Waals surface area contributed by atoms with E-state index < -0.39 is 0 Å². The summed E-state index contributed by atoms with van der Waals surface area (Å²) in [5.41, 5.74) is 46.7. The number of hydrogen-bond donors (Lipinski definition) is 0. The standard InChI is InChI=1S/C47H27N3.C44H28N4.C44H25N3/c1-8-18-41-30(11-1)25-36-45(48-41)35-24-22-29(27-44(35)50-43-20-10-9-19-42(43)49-46(36)50)28-21-23-34-33-14-4-7-17-39(33)47(40(34)26-28)37-15-5-2-12-31(37)32-13-3-6-16-38(32)47;1-2-14-33(15-3-1)47(40-20-10-13-30-11-4-6-16-35(30)40)34-24-21-29(22-25-34)31-23-26-36-42(28-31)48-41-19-9-8-18-39(41)46-44(48)37-27-32-12-5-7-17-38(32)45-43(36)37;1-4-16-38-29(9-1)24-37-43(45-38)36-20-19-27(25-41(36)47-40-18-6-5-17-39(40)46-44(37)47)26-10-7-11-28(23-26)30-21-22-35-32-13-3-2-12-31(32)34-15-8-14-33(30)42(34)35/h1-27H;1-28H;1-25H. The highest BCUT2D eigenvalue weighted by Crippen LogP contribution is 2.64. The Morgan fingerprint density at radius 2 is 0.510 bits per heavy atom. The number of imidazole rings is 3. The molecular formula is C135H80N10. The predicted molar refractivity (Wildman–Crippen MR) is 601 cm³/mol. The molecule has 0 amide bonds. The summed E-state index contributed by atoms with van der Waals surface area (Å²) in [4.78, 5) is 33.4. The molecule has 0 radical (unpaired) electrons. The van der Waals surface area contributed by atoms with Crippen molar-refractivity contribution in [2.24, 2.45) is 0 Å². The number of pyridine rings is 6. The van der Waals surface area contributed by atoms with E-state index in [0.29, 0.717) is 0 Å². The number of para-hydroxylation sites is 10. The van der Waals surface area contributed by atoms with Crippen LogP contribution in [0.15, 0.2) is 485 Å². The highest BCUT2D eigenvalue weighted by Gasteiger charge is 2.52. The fraction of sp³-hybridized carbons (Fsp3) is 0.00741. The molecule has 0 atom stereocenters. The molecule has 0 unspecified atom stereocenters. The second-order valence-corrected chi connectivity index (χ2v) is 38.6. The first kappa shape index (κ1) is 80.5.